The molecule has 0 aromatic heterocycles. The van der Waals surface area contributed by atoms with Crippen molar-refractivity contribution in [1.29, 1.82) is 0 Å². The molecule has 1 aliphatic carbocycles. The van der Waals surface area contributed by atoms with Crippen molar-refractivity contribution >= 4 is 5.91 Å². The van der Waals surface area contributed by atoms with Crippen LogP contribution in [0.4, 0.5) is 0 Å². The highest BCUT2D eigenvalue weighted by molar-refractivity contribution is 5.77. The van der Waals surface area contributed by atoms with E-state index in [1.807, 2.05) is 36.1 Å². The topological polar surface area (TPSA) is 32.8 Å². The van der Waals surface area contributed by atoms with Crippen molar-refractivity contribution < 1.29 is 9.53 Å². The van der Waals surface area contributed by atoms with Gasteiger partial charge in [0.2, 0.25) is 0 Å². The van der Waals surface area contributed by atoms with E-state index in [4.69, 9.17) is 4.74 Å². The Morgan fingerprint density at radius 2 is 1.77 bits per heavy atom. The Labute approximate surface area is 155 Å². The predicted octanol–water partition coefficient (Wildman–Crippen LogP) is 3.21. The molecule has 1 heterocycles. The van der Waals surface area contributed by atoms with Crippen molar-refractivity contribution in [2.45, 2.75) is 25.8 Å². The van der Waals surface area contributed by atoms with Crippen LogP contribution < -0.4 is 4.74 Å². The molecule has 1 aliphatic heterocycles. The first-order valence-corrected chi connectivity index (χ1v) is 9.50. The van der Waals surface area contributed by atoms with Gasteiger partial charge in [-0.05, 0) is 43.0 Å². The summed E-state index contributed by atoms with van der Waals surface area (Å²) in [5.41, 5.74) is 4.16. The number of hydrogen-bond acceptors (Lipinski definition) is 3. The average Bonchev–Trinajstić information content (AvgIpc) is 3.11. The number of aryl methyl sites for hydroxylation is 2. The molecular formula is C22H26N2O2. The second-order valence-electron chi connectivity index (χ2n) is 7.27. The van der Waals surface area contributed by atoms with Crippen LogP contribution in [0.2, 0.25) is 0 Å². The summed E-state index contributed by atoms with van der Waals surface area (Å²) in [6, 6.07) is 17.1. The third-order valence-electron chi connectivity index (χ3n) is 5.59. The van der Waals surface area contributed by atoms with Crippen molar-refractivity contribution in [3.8, 4) is 5.75 Å². The number of rotatable bonds is 4. The van der Waals surface area contributed by atoms with Crippen LogP contribution in [-0.2, 0) is 11.2 Å². The fourth-order valence-corrected chi connectivity index (χ4v) is 4.07. The van der Waals surface area contributed by atoms with Crippen LogP contribution in [0.3, 0.4) is 0 Å². The zero-order chi connectivity index (χ0) is 17.9. The molecule has 1 atom stereocenters. The molecule has 0 spiro atoms. The Hall–Kier alpha value is -2.33. The third kappa shape index (κ3) is 3.61. The van der Waals surface area contributed by atoms with Crippen molar-refractivity contribution in [3.63, 3.8) is 0 Å². The van der Waals surface area contributed by atoms with Gasteiger partial charge in [0, 0.05) is 32.2 Å². The number of ether oxygens (including phenoxy) is 1. The van der Waals surface area contributed by atoms with Crippen molar-refractivity contribution in [2.75, 3.05) is 32.8 Å². The molecule has 2 aromatic carbocycles. The van der Waals surface area contributed by atoms with E-state index in [1.165, 1.54) is 29.5 Å². The minimum atomic E-state index is 0.0806. The first kappa shape index (κ1) is 17.1. The quantitative estimate of drug-likeness (QED) is 0.849. The summed E-state index contributed by atoms with van der Waals surface area (Å²) >= 11 is 0. The molecule has 4 heteroatoms. The standard InChI is InChI=1S/C22H26N2O2/c1-17-6-9-19(10-7-17)26-16-22(25)24-14-12-23(13-15-24)21-11-8-18-4-2-3-5-20(18)21/h2-7,9-10,21H,8,11-16H2,1H3. The molecule has 1 amide bonds. The number of amides is 1. The Bertz CT molecular complexity index is 764. The second kappa shape index (κ2) is 7.50. The molecule has 0 saturated carbocycles. The van der Waals surface area contributed by atoms with Gasteiger partial charge in [-0.2, -0.15) is 0 Å². The van der Waals surface area contributed by atoms with Crippen LogP contribution in [0.15, 0.2) is 48.5 Å². The van der Waals surface area contributed by atoms with Crippen molar-refractivity contribution in [3.05, 3.63) is 65.2 Å². The Morgan fingerprint density at radius 1 is 1.04 bits per heavy atom. The Balaban J connectivity index is 1.28. The molecule has 4 rings (SSSR count). The van der Waals surface area contributed by atoms with Crippen LogP contribution in [0.1, 0.15) is 29.2 Å². The molecule has 1 unspecified atom stereocenters. The number of piperazine rings is 1. The lowest BCUT2D eigenvalue weighted by Crippen LogP contribution is -2.50. The number of hydrogen-bond donors (Lipinski definition) is 0. The van der Waals surface area contributed by atoms with E-state index in [9.17, 15) is 4.79 Å². The third-order valence-corrected chi connectivity index (χ3v) is 5.59. The van der Waals surface area contributed by atoms with E-state index >= 15 is 0 Å². The fourth-order valence-electron chi connectivity index (χ4n) is 4.07. The van der Waals surface area contributed by atoms with Gasteiger partial charge in [0.05, 0.1) is 0 Å². The smallest absolute Gasteiger partial charge is 0.260 e. The largest absolute Gasteiger partial charge is 0.484 e. The number of fused-ring (bicyclic) bond motifs is 1. The van der Waals surface area contributed by atoms with Crippen LogP contribution >= 0.6 is 0 Å². The molecule has 0 bridgehead atoms. The summed E-state index contributed by atoms with van der Waals surface area (Å²) in [4.78, 5) is 16.9. The monoisotopic (exact) mass is 350 g/mol. The van der Waals surface area contributed by atoms with Gasteiger partial charge in [0.25, 0.3) is 5.91 Å². The number of carbonyl (C=O) groups is 1. The highest BCUT2D eigenvalue weighted by Gasteiger charge is 2.31. The summed E-state index contributed by atoms with van der Waals surface area (Å²) in [5, 5.41) is 0. The molecule has 2 aromatic rings. The average molecular weight is 350 g/mol. The molecule has 136 valence electrons. The summed E-state index contributed by atoms with van der Waals surface area (Å²) in [6.07, 6.45) is 2.37. The van der Waals surface area contributed by atoms with E-state index in [1.54, 1.807) is 0 Å². The van der Waals surface area contributed by atoms with Crippen molar-refractivity contribution in [1.82, 2.24) is 9.80 Å². The lowest BCUT2D eigenvalue weighted by Gasteiger charge is -2.38. The van der Waals surface area contributed by atoms with Crippen molar-refractivity contribution in [2.24, 2.45) is 0 Å². The van der Waals surface area contributed by atoms with Gasteiger partial charge in [-0.25, -0.2) is 0 Å². The van der Waals surface area contributed by atoms with Gasteiger partial charge in [-0.3, -0.25) is 9.69 Å². The lowest BCUT2D eigenvalue weighted by atomic mass is 10.1. The van der Waals surface area contributed by atoms with Gasteiger partial charge in [-0.1, -0.05) is 42.0 Å². The minimum Gasteiger partial charge on any atom is -0.484 e. The highest BCUT2D eigenvalue weighted by atomic mass is 16.5. The zero-order valence-corrected chi connectivity index (χ0v) is 15.4. The van der Waals surface area contributed by atoms with Crippen LogP contribution in [0, 0.1) is 6.92 Å². The van der Waals surface area contributed by atoms with Gasteiger partial charge in [-0.15, -0.1) is 0 Å². The first-order chi connectivity index (χ1) is 12.7. The molecule has 0 N–H and O–H groups in total. The summed E-state index contributed by atoms with van der Waals surface area (Å²) < 4.78 is 5.64. The van der Waals surface area contributed by atoms with Gasteiger partial charge >= 0.3 is 0 Å². The lowest BCUT2D eigenvalue weighted by molar-refractivity contribution is -0.135. The maximum atomic E-state index is 12.4. The number of nitrogens with zero attached hydrogens (tertiary/aromatic N) is 2. The Kier molecular flexibility index (Phi) is 4.93. The fraction of sp³-hybridized carbons (Fsp3) is 0.409. The molecule has 4 nitrogen and oxygen atoms in total. The molecule has 0 radical (unpaired) electrons. The summed E-state index contributed by atoms with van der Waals surface area (Å²) in [5.74, 6) is 0.835. The van der Waals surface area contributed by atoms with E-state index < -0.39 is 0 Å². The molecule has 26 heavy (non-hydrogen) atoms. The summed E-state index contributed by atoms with van der Waals surface area (Å²) in [7, 11) is 0. The van der Waals surface area contributed by atoms with Gasteiger partial charge in [0.15, 0.2) is 6.61 Å². The van der Waals surface area contributed by atoms with Crippen LogP contribution in [0.5, 0.6) is 5.75 Å². The van der Waals surface area contributed by atoms with Crippen LogP contribution in [-0.4, -0.2) is 48.5 Å². The van der Waals surface area contributed by atoms with E-state index in [0.717, 1.165) is 31.9 Å². The number of benzene rings is 2. The predicted molar refractivity (Wildman–Crippen MR) is 102 cm³/mol. The normalized spacial score (nSPS) is 20.0. The molecular weight excluding hydrogens is 324 g/mol. The second-order valence-corrected chi connectivity index (χ2v) is 7.27. The van der Waals surface area contributed by atoms with Gasteiger partial charge in [0.1, 0.15) is 5.75 Å². The molecule has 1 saturated heterocycles. The Morgan fingerprint density at radius 3 is 2.54 bits per heavy atom. The number of carbonyl (C=O) groups excluding carboxylic acids is 1. The SMILES string of the molecule is Cc1ccc(OCC(=O)N2CCN(C3CCc4ccccc43)CC2)cc1. The van der Waals surface area contributed by atoms with E-state index in [-0.39, 0.29) is 12.5 Å². The molecule has 2 aliphatic rings. The van der Waals surface area contributed by atoms with E-state index in [0.29, 0.717) is 6.04 Å². The zero-order valence-electron chi connectivity index (χ0n) is 15.4. The highest BCUT2D eigenvalue weighted by Crippen LogP contribution is 2.35. The van der Waals surface area contributed by atoms with Gasteiger partial charge < -0.3 is 9.64 Å². The molecule has 1 fully saturated rings. The minimum absolute atomic E-state index is 0.0806. The maximum Gasteiger partial charge on any atom is 0.260 e. The van der Waals surface area contributed by atoms with Crippen LogP contribution in [0.25, 0.3) is 0 Å². The maximum absolute atomic E-state index is 12.4. The summed E-state index contributed by atoms with van der Waals surface area (Å²) in [6.45, 7) is 5.61. The van der Waals surface area contributed by atoms with E-state index in [2.05, 4.69) is 29.2 Å². The first-order valence-electron chi connectivity index (χ1n) is 9.50.